The number of allylic oxidation sites excluding steroid dienone is 9. The molecule has 0 spiro atoms. The Kier molecular flexibility index (Phi) is 25.4. The van der Waals surface area contributed by atoms with Crippen LogP contribution in [0.1, 0.15) is 260 Å². The van der Waals surface area contributed by atoms with Crippen LogP contribution in [0.4, 0.5) is 11.4 Å². The predicted octanol–water partition coefficient (Wildman–Crippen LogP) is 20.7. The van der Waals surface area contributed by atoms with Gasteiger partial charge in [-0.3, -0.25) is 23.9 Å². The first-order valence-electron chi connectivity index (χ1n) is 42.2. The Bertz CT molecular complexity index is 5890. The quantitative estimate of drug-likeness (QED) is 0.0149. The number of fused-ring (bicyclic) bond motifs is 14. The summed E-state index contributed by atoms with van der Waals surface area (Å²) in [6.45, 7) is 26.5. The number of H-pyrrole nitrogens is 2. The maximum absolute atomic E-state index is 14.3. The highest BCUT2D eigenvalue weighted by molar-refractivity contribution is 8.03. The van der Waals surface area contributed by atoms with Crippen molar-refractivity contribution in [3.8, 4) is 0 Å². The number of hydrogen-bond donors (Lipinski definition) is 5. The van der Waals surface area contributed by atoms with Crippen LogP contribution in [0.15, 0.2) is 166 Å². The molecule has 0 fully saturated rings. The van der Waals surface area contributed by atoms with Gasteiger partial charge in [-0.15, -0.1) is 0 Å². The summed E-state index contributed by atoms with van der Waals surface area (Å²) in [6, 6.07) is 39.6. The Morgan fingerprint density at radius 2 is 1.47 bits per heavy atom. The summed E-state index contributed by atoms with van der Waals surface area (Å²) in [6.07, 6.45) is 20.3. The summed E-state index contributed by atoms with van der Waals surface area (Å²) in [4.78, 5) is 65.0. The van der Waals surface area contributed by atoms with Gasteiger partial charge in [-0.1, -0.05) is 138 Å². The number of ketones is 1. The van der Waals surface area contributed by atoms with Gasteiger partial charge in [0.25, 0.3) is 16.0 Å². The maximum atomic E-state index is 14.3. The molecule has 614 valence electrons. The second-order valence-electron chi connectivity index (χ2n) is 33.7. The minimum atomic E-state index is -4.39. The van der Waals surface area contributed by atoms with Crippen molar-refractivity contribution in [2.24, 2.45) is 0 Å². The number of aromatic nitrogens is 4. The third-order valence-electron chi connectivity index (χ3n) is 25.1. The molecular formula is C96H112N8O10S3. The molecule has 5 N–H and O–H groups in total. The molecule has 5 aromatic carbocycles. The van der Waals surface area contributed by atoms with E-state index in [9.17, 15) is 40.3 Å². The zero-order valence-electron chi connectivity index (χ0n) is 69.6. The number of aryl methyl sites for hydroxylation is 2. The molecule has 0 saturated heterocycles. The molecule has 18 nitrogen and oxygen atoms in total. The van der Waals surface area contributed by atoms with Crippen LogP contribution < -0.4 is 15.5 Å². The van der Waals surface area contributed by atoms with Crippen molar-refractivity contribution in [2.45, 2.75) is 219 Å². The minimum absolute atomic E-state index is 0.0545. The lowest BCUT2D eigenvalue weighted by atomic mass is 9.78. The standard InChI is InChI=1S/C96H112N8O10S3/c1-12-14-15-24-51-114-63(7)87-61(5)77-56-76-60(4)71(91(101-76)74-55-83(105)88-62(6)78(102-92(74)88)57-79-70(13-2)59(3)75(99-79)58-80(87)100-77)41-46-86(106)97-47-20-21-48-98-94(107)68-33-28-34-69(54-68)115-93-66(39-44-84-95(8,9)89-72-35-18-16-29-64(72)37-42-81(89)103(84)49-22-25-52-116(108,109)110)31-27-32-67(93)40-45-85-96(10,11)90-73-36-19-17-30-65(73)38-43-82(90)104(85)50-23-26-53-117(111,112)113/h16-19,28-30,33-40,42-45,54,56-58,60,63,71H,12-15,20-27,31-32,41,46-53,55H2,1-11H3,(H5-,97,98,99,100,101,102,105,106,107,108,109,110,111,112,113)/t60-,63?,71-/m0/s1. The second-order valence-corrected chi connectivity index (χ2v) is 37.9. The third-order valence-corrected chi connectivity index (χ3v) is 27.9. The van der Waals surface area contributed by atoms with Crippen molar-refractivity contribution in [3.05, 3.63) is 229 Å². The first-order chi connectivity index (χ1) is 56.0. The molecule has 7 heterocycles. The van der Waals surface area contributed by atoms with Crippen LogP contribution in [0.25, 0.3) is 54.8 Å². The monoisotopic (exact) mass is 1630 g/mol. The molecule has 6 aliphatic rings. The van der Waals surface area contributed by atoms with E-state index in [1.165, 1.54) is 17.5 Å². The number of nitrogens with one attached hydrogen (secondary N) is 4. The second kappa shape index (κ2) is 35.3. The summed E-state index contributed by atoms with van der Waals surface area (Å²) in [5.41, 5.74) is 22.4. The van der Waals surface area contributed by atoms with E-state index in [4.69, 9.17) is 14.7 Å². The number of carbonyl (C=O) groups is 3. The number of thioether (sulfide) groups is 1. The maximum Gasteiger partial charge on any atom is 0.264 e. The van der Waals surface area contributed by atoms with E-state index in [1.54, 1.807) is 11.8 Å². The molecule has 0 radical (unpaired) electrons. The average Bonchev–Trinajstić information content (AvgIpc) is 1.58. The van der Waals surface area contributed by atoms with Crippen molar-refractivity contribution in [3.63, 3.8) is 0 Å². The lowest BCUT2D eigenvalue weighted by Crippen LogP contribution is -2.28. The summed E-state index contributed by atoms with van der Waals surface area (Å²) < 4.78 is 78.1. The lowest BCUT2D eigenvalue weighted by molar-refractivity contribution is -0.438. The number of carbonyl (C=O) groups excluding carboxylic acids is 3. The smallest absolute Gasteiger partial charge is 0.264 e. The molecule has 2 amide bonds. The highest BCUT2D eigenvalue weighted by atomic mass is 32.2. The van der Waals surface area contributed by atoms with E-state index in [1.807, 2.05) is 43.3 Å². The van der Waals surface area contributed by atoms with Gasteiger partial charge in [-0.05, 0) is 227 Å². The van der Waals surface area contributed by atoms with Gasteiger partial charge in [0, 0.05) is 152 Å². The van der Waals surface area contributed by atoms with Crippen molar-refractivity contribution in [1.29, 1.82) is 0 Å². The Morgan fingerprint density at radius 1 is 0.752 bits per heavy atom. The molecule has 1 unspecified atom stereocenters. The molecule has 0 saturated carbocycles. The number of nitrogens with zero attached hydrogens (tertiary/aromatic N) is 4. The third kappa shape index (κ3) is 17.9. The van der Waals surface area contributed by atoms with Crippen molar-refractivity contribution < 1.29 is 49.6 Å². The molecule has 8 aromatic rings. The van der Waals surface area contributed by atoms with Crippen molar-refractivity contribution in [1.82, 2.24) is 30.6 Å². The van der Waals surface area contributed by atoms with Gasteiger partial charge in [0.1, 0.15) is 6.54 Å². The van der Waals surface area contributed by atoms with E-state index < -0.39 is 36.8 Å². The number of Topliss-reactive ketones (excluding diaryl/α,β-unsaturated/α-hetero) is 1. The zero-order chi connectivity index (χ0) is 82.8. The van der Waals surface area contributed by atoms with Gasteiger partial charge in [-0.25, -0.2) is 13.4 Å². The number of hydrogen-bond acceptors (Lipinski definition) is 13. The fraction of sp³-hybridized carbons (Fsp3) is 0.417. The first kappa shape index (κ1) is 84.1. The highest BCUT2D eigenvalue weighted by Gasteiger charge is 2.46. The number of anilines is 1. The number of rotatable bonds is 32. The number of amides is 2. The molecule has 4 aliphatic heterocycles. The minimum Gasteiger partial charge on any atom is -0.748 e. The summed E-state index contributed by atoms with van der Waals surface area (Å²) >= 11 is 1.63. The Balaban J connectivity index is 0.697. The number of aromatic amines is 2. The molecule has 14 rings (SSSR count). The van der Waals surface area contributed by atoms with Crippen LogP contribution in [0.5, 0.6) is 0 Å². The molecule has 2 aliphatic carbocycles. The topological polar surface area (TPSA) is 260 Å². The number of unbranched alkanes of at least 4 members (excludes halogenated alkanes) is 6. The zero-order valence-corrected chi connectivity index (χ0v) is 72.1. The molecule has 3 aromatic heterocycles. The van der Waals surface area contributed by atoms with Crippen LogP contribution in [0.3, 0.4) is 0 Å². The largest absolute Gasteiger partial charge is 0.748 e. The van der Waals surface area contributed by atoms with Crippen LogP contribution in [-0.4, -0.2) is 118 Å². The van der Waals surface area contributed by atoms with E-state index in [0.29, 0.717) is 82.4 Å². The SMILES string of the molecule is CCCCCCOC(C)c1c(C)c2cc3nc(c4c5[nH]c(cc6nc(cc1[nH]2)C(C)=C6CC)c(C)c5C(=O)C4)[C@@H](CCC(=O)NCCCCNC(=O)c1cccc(SC2=C(/C=C/C4=[N+](CCCCS(=O)(=O)[O-])c5ccc6ccccc6c5C4(C)C)CCC/C2=C\C=C2\N(CCCCS(=O)(=O)O)c4ccc5ccccc5c4C2(C)C)c1)[C@@H]3C. The predicted molar refractivity (Wildman–Crippen MR) is 474 cm³/mol. The van der Waals surface area contributed by atoms with Gasteiger partial charge in [0.2, 0.25) is 11.6 Å². The molecular weight excluding hydrogens is 1520 g/mol. The van der Waals surface area contributed by atoms with Crippen molar-refractivity contribution >= 4 is 121 Å². The molecule has 3 atom stereocenters. The molecule has 8 bridgehead atoms. The van der Waals surface area contributed by atoms with E-state index in [-0.39, 0.29) is 60.6 Å². The lowest BCUT2D eigenvalue weighted by Gasteiger charge is -2.28. The summed E-state index contributed by atoms with van der Waals surface area (Å²) in [5, 5.41) is 10.9. The number of benzene rings is 5. The first-order valence-corrected chi connectivity index (χ1v) is 46.2. The van der Waals surface area contributed by atoms with Crippen molar-refractivity contribution in [2.75, 3.05) is 49.2 Å². The Hall–Kier alpha value is -9.35. The molecule has 21 heteroatoms. The van der Waals surface area contributed by atoms with E-state index >= 15 is 0 Å². The van der Waals surface area contributed by atoms with E-state index in [0.717, 1.165) is 188 Å². The van der Waals surface area contributed by atoms with Gasteiger partial charge in [0.15, 0.2) is 11.5 Å². The van der Waals surface area contributed by atoms with Crippen LogP contribution in [0.2, 0.25) is 0 Å². The fourth-order valence-corrected chi connectivity index (χ4v) is 21.2. The average molecular weight is 1630 g/mol. The highest BCUT2D eigenvalue weighted by Crippen LogP contribution is 2.53. The Morgan fingerprint density at radius 3 is 2.21 bits per heavy atom. The normalized spacial score (nSPS) is 18.1. The van der Waals surface area contributed by atoms with Gasteiger partial charge in [0.05, 0.1) is 50.0 Å². The van der Waals surface area contributed by atoms with Crippen LogP contribution >= 0.6 is 11.8 Å². The fourth-order valence-electron chi connectivity index (χ4n) is 18.9. The van der Waals surface area contributed by atoms with Crippen LogP contribution in [0, 0.1) is 13.8 Å². The van der Waals surface area contributed by atoms with Gasteiger partial charge >= 0.3 is 0 Å². The Labute approximate surface area is 693 Å². The van der Waals surface area contributed by atoms with Gasteiger partial charge < -0.3 is 34.8 Å². The number of ether oxygens (including phenoxy) is 1. The van der Waals surface area contributed by atoms with Crippen LogP contribution in [-0.2, 0) is 47.0 Å². The van der Waals surface area contributed by atoms with E-state index in [2.05, 4.69) is 202 Å². The molecule has 117 heavy (non-hydrogen) atoms. The van der Waals surface area contributed by atoms with Gasteiger partial charge in [-0.2, -0.15) is 13.0 Å². The summed E-state index contributed by atoms with van der Waals surface area (Å²) in [5.74, 6) is -1.20. The summed E-state index contributed by atoms with van der Waals surface area (Å²) in [7, 11) is -8.54.